The van der Waals surface area contributed by atoms with Gasteiger partial charge in [0.1, 0.15) is 5.82 Å². The van der Waals surface area contributed by atoms with Gasteiger partial charge in [0.15, 0.2) is 0 Å². The molecule has 1 atom stereocenters. The van der Waals surface area contributed by atoms with Crippen LogP contribution >= 0.6 is 0 Å². The van der Waals surface area contributed by atoms with Crippen molar-refractivity contribution in [3.63, 3.8) is 0 Å². The van der Waals surface area contributed by atoms with Crippen LogP contribution in [0.15, 0.2) is 12.4 Å². The van der Waals surface area contributed by atoms with Gasteiger partial charge in [-0.05, 0) is 12.3 Å². The molecule has 1 heterocycles. The van der Waals surface area contributed by atoms with Gasteiger partial charge in [0.25, 0.3) is 0 Å². The van der Waals surface area contributed by atoms with Gasteiger partial charge in [0.2, 0.25) is 0 Å². The van der Waals surface area contributed by atoms with E-state index in [0.29, 0.717) is 5.92 Å². The maximum absolute atomic E-state index is 10.7. The van der Waals surface area contributed by atoms with Gasteiger partial charge in [0, 0.05) is 18.3 Å². The molecule has 84 valence electrons. The minimum atomic E-state index is -0.764. The fourth-order valence-electron chi connectivity index (χ4n) is 1.58. The summed E-state index contributed by atoms with van der Waals surface area (Å²) in [5.74, 6) is 0.634. The summed E-state index contributed by atoms with van der Waals surface area (Å²) in [5.41, 5.74) is 0. The highest BCUT2D eigenvalue weighted by Gasteiger charge is 2.17. The average molecular weight is 210 g/mol. The molecule has 0 amide bonds. The molecule has 0 spiro atoms. The number of nitrogens with zero attached hydrogens (tertiary/aromatic N) is 1. The Morgan fingerprint density at radius 3 is 2.73 bits per heavy atom. The molecule has 1 aromatic rings. The van der Waals surface area contributed by atoms with E-state index >= 15 is 0 Å². The number of aliphatic carboxylic acids is 1. The van der Waals surface area contributed by atoms with Crippen molar-refractivity contribution in [2.75, 3.05) is 0 Å². The van der Waals surface area contributed by atoms with E-state index in [2.05, 4.69) is 23.8 Å². The molecule has 0 radical (unpaired) electrons. The van der Waals surface area contributed by atoms with Gasteiger partial charge in [-0.15, -0.1) is 0 Å². The van der Waals surface area contributed by atoms with E-state index in [9.17, 15) is 4.79 Å². The Hall–Kier alpha value is -1.32. The van der Waals surface area contributed by atoms with E-state index in [4.69, 9.17) is 5.11 Å². The van der Waals surface area contributed by atoms with Crippen molar-refractivity contribution in [1.82, 2.24) is 9.97 Å². The summed E-state index contributed by atoms with van der Waals surface area (Å²) >= 11 is 0. The van der Waals surface area contributed by atoms with Gasteiger partial charge in [-0.1, -0.05) is 20.3 Å². The van der Waals surface area contributed by atoms with Crippen molar-refractivity contribution in [2.45, 2.75) is 39.0 Å². The molecule has 0 aromatic carbocycles. The number of rotatable bonds is 6. The number of aromatic nitrogens is 2. The summed E-state index contributed by atoms with van der Waals surface area (Å²) in [6.45, 7) is 4.28. The third-order valence-electron chi connectivity index (χ3n) is 2.42. The first kappa shape index (κ1) is 11.8. The van der Waals surface area contributed by atoms with Crippen LogP contribution in [0, 0.1) is 5.92 Å². The third-order valence-corrected chi connectivity index (χ3v) is 2.42. The number of H-pyrrole nitrogens is 1. The highest BCUT2D eigenvalue weighted by atomic mass is 16.4. The second-order valence-corrected chi connectivity index (χ2v) is 4.24. The van der Waals surface area contributed by atoms with Crippen LogP contribution in [0.3, 0.4) is 0 Å². The zero-order valence-corrected chi connectivity index (χ0v) is 9.23. The summed E-state index contributed by atoms with van der Waals surface area (Å²) in [5, 5.41) is 8.81. The lowest BCUT2D eigenvalue weighted by Crippen LogP contribution is -2.09. The standard InChI is InChI=1S/C11H18N2O2/c1-8(2)3-4-9(7-10(14)15)11-12-5-6-13-11/h5-6,8-9H,3-4,7H2,1-2H3,(H,12,13)(H,14,15). The summed E-state index contributed by atoms with van der Waals surface area (Å²) in [7, 11) is 0. The van der Waals surface area contributed by atoms with Crippen molar-refractivity contribution in [3.05, 3.63) is 18.2 Å². The lowest BCUT2D eigenvalue weighted by molar-refractivity contribution is -0.137. The topological polar surface area (TPSA) is 66.0 Å². The summed E-state index contributed by atoms with van der Waals surface area (Å²) in [6, 6.07) is 0. The fourth-order valence-corrected chi connectivity index (χ4v) is 1.58. The molecule has 1 aromatic heterocycles. The first-order valence-corrected chi connectivity index (χ1v) is 5.30. The average Bonchev–Trinajstić information content (AvgIpc) is 2.63. The van der Waals surface area contributed by atoms with E-state index in [0.717, 1.165) is 18.7 Å². The van der Waals surface area contributed by atoms with Crippen LogP contribution in [-0.4, -0.2) is 21.0 Å². The molecule has 0 fully saturated rings. The van der Waals surface area contributed by atoms with Crippen LogP contribution in [0.25, 0.3) is 0 Å². The molecule has 1 unspecified atom stereocenters. The van der Waals surface area contributed by atoms with E-state index in [1.165, 1.54) is 0 Å². The van der Waals surface area contributed by atoms with Gasteiger partial charge < -0.3 is 10.1 Å². The number of hydrogen-bond donors (Lipinski definition) is 2. The monoisotopic (exact) mass is 210 g/mol. The van der Waals surface area contributed by atoms with Gasteiger partial charge >= 0.3 is 5.97 Å². The normalized spacial score (nSPS) is 13.0. The van der Waals surface area contributed by atoms with E-state index in [1.807, 2.05) is 0 Å². The number of nitrogens with one attached hydrogen (secondary N) is 1. The van der Waals surface area contributed by atoms with Gasteiger partial charge in [-0.25, -0.2) is 4.98 Å². The largest absolute Gasteiger partial charge is 0.481 e. The second kappa shape index (κ2) is 5.53. The predicted molar refractivity (Wildman–Crippen MR) is 57.7 cm³/mol. The van der Waals surface area contributed by atoms with Crippen LogP contribution in [0.5, 0.6) is 0 Å². The summed E-state index contributed by atoms with van der Waals surface area (Å²) in [6.07, 6.45) is 5.45. The highest BCUT2D eigenvalue weighted by Crippen LogP contribution is 2.23. The molecule has 0 bridgehead atoms. The van der Waals surface area contributed by atoms with Crippen molar-refractivity contribution >= 4 is 5.97 Å². The van der Waals surface area contributed by atoms with Gasteiger partial charge in [-0.2, -0.15) is 0 Å². The lowest BCUT2D eigenvalue weighted by atomic mass is 9.94. The van der Waals surface area contributed by atoms with Crippen molar-refractivity contribution in [1.29, 1.82) is 0 Å². The Morgan fingerprint density at radius 1 is 1.53 bits per heavy atom. The number of carboxylic acids is 1. The van der Waals surface area contributed by atoms with Gasteiger partial charge in [-0.3, -0.25) is 4.79 Å². The van der Waals surface area contributed by atoms with Crippen molar-refractivity contribution < 1.29 is 9.90 Å². The van der Waals surface area contributed by atoms with Crippen LogP contribution in [0.4, 0.5) is 0 Å². The second-order valence-electron chi connectivity index (χ2n) is 4.24. The third kappa shape index (κ3) is 4.14. The van der Waals surface area contributed by atoms with Crippen LogP contribution in [0.1, 0.15) is 44.9 Å². The predicted octanol–water partition coefficient (Wildman–Crippen LogP) is 2.40. The summed E-state index contributed by atoms with van der Waals surface area (Å²) in [4.78, 5) is 17.8. The molecular formula is C11H18N2O2. The molecular weight excluding hydrogens is 192 g/mol. The Labute approximate surface area is 89.7 Å². The first-order valence-electron chi connectivity index (χ1n) is 5.30. The molecule has 4 heteroatoms. The zero-order chi connectivity index (χ0) is 11.3. The fraction of sp³-hybridized carbons (Fsp3) is 0.636. The van der Waals surface area contributed by atoms with Crippen molar-refractivity contribution in [2.24, 2.45) is 5.92 Å². The zero-order valence-electron chi connectivity index (χ0n) is 9.23. The molecule has 0 saturated heterocycles. The van der Waals surface area contributed by atoms with E-state index < -0.39 is 5.97 Å². The van der Waals surface area contributed by atoms with Crippen molar-refractivity contribution in [3.8, 4) is 0 Å². The Balaban J connectivity index is 2.57. The molecule has 1 rings (SSSR count). The molecule has 2 N–H and O–H groups in total. The number of carboxylic acid groups (broad SMARTS) is 1. The number of aromatic amines is 1. The number of hydrogen-bond acceptors (Lipinski definition) is 2. The smallest absolute Gasteiger partial charge is 0.304 e. The van der Waals surface area contributed by atoms with E-state index in [-0.39, 0.29) is 12.3 Å². The molecule has 15 heavy (non-hydrogen) atoms. The SMILES string of the molecule is CC(C)CCC(CC(=O)O)c1ncc[nH]1. The van der Waals surface area contributed by atoms with Gasteiger partial charge in [0.05, 0.1) is 6.42 Å². The Morgan fingerprint density at radius 2 is 2.27 bits per heavy atom. The maximum atomic E-state index is 10.7. The number of imidazole rings is 1. The summed E-state index contributed by atoms with van der Waals surface area (Å²) < 4.78 is 0. The van der Waals surface area contributed by atoms with E-state index in [1.54, 1.807) is 12.4 Å². The maximum Gasteiger partial charge on any atom is 0.304 e. The van der Waals surface area contributed by atoms with Crippen LogP contribution in [-0.2, 0) is 4.79 Å². The van der Waals surface area contributed by atoms with Crippen LogP contribution < -0.4 is 0 Å². The molecule has 0 aliphatic heterocycles. The quantitative estimate of drug-likeness (QED) is 0.757. The minimum Gasteiger partial charge on any atom is -0.481 e. The number of carbonyl (C=O) groups is 1. The lowest BCUT2D eigenvalue weighted by Gasteiger charge is -2.13. The molecule has 4 nitrogen and oxygen atoms in total. The Bertz CT molecular complexity index is 294. The Kier molecular flexibility index (Phi) is 4.34. The molecule has 0 saturated carbocycles. The van der Waals surface area contributed by atoms with Crippen LogP contribution in [0.2, 0.25) is 0 Å². The molecule has 0 aliphatic rings. The highest BCUT2D eigenvalue weighted by molar-refractivity contribution is 5.67. The molecule has 0 aliphatic carbocycles. The minimum absolute atomic E-state index is 0.0138. The first-order chi connectivity index (χ1) is 7.09.